The molecule has 7 nitrogen and oxygen atoms in total. The summed E-state index contributed by atoms with van der Waals surface area (Å²) in [6.07, 6.45) is 8.04. The zero-order valence-electron chi connectivity index (χ0n) is 18.1. The van der Waals surface area contributed by atoms with Crippen molar-refractivity contribution in [1.29, 1.82) is 0 Å². The van der Waals surface area contributed by atoms with E-state index in [2.05, 4.69) is 20.7 Å². The lowest BCUT2D eigenvalue weighted by Gasteiger charge is -2.42. The van der Waals surface area contributed by atoms with Crippen LogP contribution in [0.15, 0.2) is 18.3 Å². The average molecular weight is 438 g/mol. The molecular weight excluding hydrogens is 402 g/mol. The van der Waals surface area contributed by atoms with Crippen molar-refractivity contribution in [3.8, 4) is 5.88 Å². The summed E-state index contributed by atoms with van der Waals surface area (Å²) in [6, 6.07) is 4.04. The van der Waals surface area contributed by atoms with Crippen LogP contribution in [0.3, 0.4) is 0 Å². The lowest BCUT2D eigenvalue weighted by atomic mass is 9.83. The SMILES string of the molecule is CC(C)S(=O)(=O)NC1CCCN2CCOc3ncccc3C3CCC(CC3)OC[C@@H]12. The van der Waals surface area contributed by atoms with Gasteiger partial charge in [-0.3, -0.25) is 4.90 Å². The predicted octanol–water partition coefficient (Wildman–Crippen LogP) is 2.68. The Morgan fingerprint density at radius 2 is 1.97 bits per heavy atom. The number of sulfonamides is 1. The molecule has 30 heavy (non-hydrogen) atoms. The van der Waals surface area contributed by atoms with Gasteiger partial charge >= 0.3 is 0 Å². The van der Waals surface area contributed by atoms with Gasteiger partial charge in [0.05, 0.1) is 18.0 Å². The van der Waals surface area contributed by atoms with E-state index in [1.807, 2.05) is 6.07 Å². The third-order valence-corrected chi connectivity index (χ3v) is 8.74. The molecule has 0 aromatic carbocycles. The van der Waals surface area contributed by atoms with E-state index in [4.69, 9.17) is 9.47 Å². The molecule has 1 N–H and O–H groups in total. The normalized spacial score (nSPS) is 31.0. The lowest BCUT2D eigenvalue weighted by molar-refractivity contribution is -0.0284. The molecule has 0 spiro atoms. The van der Waals surface area contributed by atoms with E-state index < -0.39 is 15.3 Å². The third kappa shape index (κ3) is 4.98. The fourth-order valence-corrected chi connectivity index (χ4v) is 5.95. The van der Waals surface area contributed by atoms with Crippen LogP contribution in [-0.4, -0.2) is 68.0 Å². The first-order valence-corrected chi connectivity index (χ1v) is 12.9. The second kappa shape index (κ2) is 9.51. The molecule has 5 rings (SSSR count). The number of aromatic nitrogens is 1. The fraction of sp³-hybridized carbons (Fsp3) is 0.773. The fourth-order valence-electron chi connectivity index (χ4n) is 4.98. The van der Waals surface area contributed by atoms with E-state index in [9.17, 15) is 8.42 Å². The summed E-state index contributed by atoms with van der Waals surface area (Å²) in [4.78, 5) is 6.85. The Morgan fingerprint density at radius 3 is 2.73 bits per heavy atom. The largest absolute Gasteiger partial charge is 0.476 e. The number of pyridine rings is 1. The van der Waals surface area contributed by atoms with Gasteiger partial charge in [-0.15, -0.1) is 0 Å². The van der Waals surface area contributed by atoms with Crippen molar-refractivity contribution in [2.75, 3.05) is 26.3 Å². The minimum Gasteiger partial charge on any atom is -0.476 e. The van der Waals surface area contributed by atoms with Gasteiger partial charge in [-0.1, -0.05) is 6.07 Å². The van der Waals surface area contributed by atoms with E-state index in [0.29, 0.717) is 19.1 Å². The quantitative estimate of drug-likeness (QED) is 0.783. The Kier molecular flexibility index (Phi) is 6.97. The highest BCUT2D eigenvalue weighted by Gasteiger charge is 2.36. The van der Waals surface area contributed by atoms with Crippen molar-refractivity contribution < 1.29 is 17.9 Å². The van der Waals surface area contributed by atoms with Gasteiger partial charge < -0.3 is 9.47 Å². The Bertz CT molecular complexity index is 808. The standard InChI is InChI=1S/C22H35N3O4S/c1-16(2)30(26,27)24-20-6-4-12-25-13-14-28-22-19(5-3-11-23-22)17-7-9-18(10-8-17)29-15-21(20)25/h3,5,11,16-18,20-21,24H,4,6-10,12-15H2,1-2H3/t17?,18?,20?,21-/m0/s1. The van der Waals surface area contributed by atoms with Crippen LogP contribution in [0.1, 0.15) is 63.9 Å². The Morgan fingerprint density at radius 1 is 1.17 bits per heavy atom. The van der Waals surface area contributed by atoms with Crippen molar-refractivity contribution in [1.82, 2.24) is 14.6 Å². The average Bonchev–Trinajstić information content (AvgIpc) is 2.75. The summed E-state index contributed by atoms with van der Waals surface area (Å²) in [5.74, 6) is 1.23. The van der Waals surface area contributed by atoms with Gasteiger partial charge in [-0.2, -0.15) is 0 Å². The summed E-state index contributed by atoms with van der Waals surface area (Å²) in [5.41, 5.74) is 1.22. The number of fused-ring (bicyclic) bond motifs is 5. The summed E-state index contributed by atoms with van der Waals surface area (Å²) in [6.45, 7) is 6.21. The van der Waals surface area contributed by atoms with Crippen LogP contribution in [0.4, 0.5) is 0 Å². The summed E-state index contributed by atoms with van der Waals surface area (Å²) < 4.78 is 40.6. The van der Waals surface area contributed by atoms with E-state index in [1.54, 1.807) is 20.0 Å². The van der Waals surface area contributed by atoms with Crippen LogP contribution in [-0.2, 0) is 14.8 Å². The van der Waals surface area contributed by atoms with Crippen molar-refractivity contribution in [3.05, 3.63) is 23.9 Å². The maximum absolute atomic E-state index is 12.6. The highest BCUT2D eigenvalue weighted by Crippen LogP contribution is 2.38. The molecule has 2 fully saturated rings. The van der Waals surface area contributed by atoms with Gasteiger partial charge in [0.25, 0.3) is 0 Å². The number of nitrogens with zero attached hydrogens (tertiary/aromatic N) is 2. The molecule has 1 aromatic heterocycles. The highest BCUT2D eigenvalue weighted by atomic mass is 32.2. The molecule has 2 atom stereocenters. The van der Waals surface area contributed by atoms with E-state index in [1.165, 1.54) is 5.56 Å². The second-order valence-corrected chi connectivity index (χ2v) is 11.4. The first-order valence-electron chi connectivity index (χ1n) is 11.4. The molecule has 4 aliphatic rings. The van der Waals surface area contributed by atoms with Gasteiger partial charge in [0.2, 0.25) is 15.9 Å². The molecule has 8 heteroatoms. The van der Waals surface area contributed by atoms with E-state index in [0.717, 1.165) is 57.5 Å². The van der Waals surface area contributed by atoms with Crippen molar-refractivity contribution in [2.45, 2.75) is 81.7 Å². The number of hydrogen-bond acceptors (Lipinski definition) is 6. The molecule has 1 saturated heterocycles. The van der Waals surface area contributed by atoms with Gasteiger partial charge in [0.15, 0.2) is 0 Å². The molecule has 4 heterocycles. The first kappa shape index (κ1) is 22.0. The molecule has 1 aliphatic carbocycles. The number of nitrogens with one attached hydrogen (secondary N) is 1. The summed E-state index contributed by atoms with van der Waals surface area (Å²) in [5, 5.41) is -0.440. The second-order valence-electron chi connectivity index (χ2n) is 9.12. The Hall–Kier alpha value is -1.22. The monoisotopic (exact) mass is 437 g/mol. The lowest BCUT2D eigenvalue weighted by Crippen LogP contribution is -2.58. The third-order valence-electron chi connectivity index (χ3n) is 6.86. The van der Waals surface area contributed by atoms with Crippen LogP contribution in [0.5, 0.6) is 5.88 Å². The molecule has 0 radical (unpaired) electrons. The Labute approximate surface area is 180 Å². The number of rotatable bonds is 3. The summed E-state index contributed by atoms with van der Waals surface area (Å²) in [7, 11) is -3.33. The van der Waals surface area contributed by atoms with Crippen molar-refractivity contribution in [3.63, 3.8) is 0 Å². The van der Waals surface area contributed by atoms with Crippen LogP contribution in [0.2, 0.25) is 0 Å². The maximum atomic E-state index is 12.6. The predicted molar refractivity (Wildman–Crippen MR) is 116 cm³/mol. The zero-order valence-corrected chi connectivity index (χ0v) is 18.9. The minimum absolute atomic E-state index is 0.0255. The first-order chi connectivity index (χ1) is 14.4. The van der Waals surface area contributed by atoms with Crippen LogP contribution in [0, 0.1) is 0 Å². The minimum atomic E-state index is -3.33. The zero-order chi connectivity index (χ0) is 21.1. The molecule has 168 valence electrons. The molecule has 0 amide bonds. The van der Waals surface area contributed by atoms with Crippen LogP contribution in [0.25, 0.3) is 0 Å². The number of hydrogen-bond donors (Lipinski definition) is 1. The topological polar surface area (TPSA) is 80.8 Å². The van der Waals surface area contributed by atoms with Gasteiger partial charge in [0, 0.05) is 30.4 Å². The molecule has 1 unspecified atom stereocenters. The maximum Gasteiger partial charge on any atom is 0.216 e. The van der Waals surface area contributed by atoms with Gasteiger partial charge in [0.1, 0.15) is 6.61 Å². The van der Waals surface area contributed by atoms with Crippen molar-refractivity contribution in [2.24, 2.45) is 0 Å². The van der Waals surface area contributed by atoms with Crippen molar-refractivity contribution >= 4 is 10.0 Å². The summed E-state index contributed by atoms with van der Waals surface area (Å²) >= 11 is 0. The van der Waals surface area contributed by atoms with E-state index in [-0.39, 0.29) is 18.2 Å². The number of ether oxygens (including phenoxy) is 2. The number of piperidine rings is 1. The van der Waals surface area contributed by atoms with E-state index >= 15 is 0 Å². The molecule has 1 aromatic rings. The highest BCUT2D eigenvalue weighted by molar-refractivity contribution is 7.90. The molecule has 1 saturated carbocycles. The van der Waals surface area contributed by atoms with Crippen LogP contribution >= 0.6 is 0 Å². The van der Waals surface area contributed by atoms with Gasteiger partial charge in [-0.05, 0) is 70.9 Å². The smallest absolute Gasteiger partial charge is 0.216 e. The molecular formula is C22H35N3O4S. The molecule has 2 bridgehead atoms. The van der Waals surface area contributed by atoms with Crippen LogP contribution < -0.4 is 9.46 Å². The molecule has 3 aliphatic heterocycles. The van der Waals surface area contributed by atoms with Gasteiger partial charge in [-0.25, -0.2) is 18.1 Å². The Balaban J connectivity index is 1.54.